The summed E-state index contributed by atoms with van der Waals surface area (Å²) in [6.45, 7) is 4.95. The average molecular weight is 201 g/mol. The lowest BCUT2D eigenvalue weighted by atomic mass is 9.98. The maximum atomic E-state index is 10.8. The minimum atomic E-state index is -0.786. The molecule has 0 aliphatic carbocycles. The van der Waals surface area contributed by atoms with Crippen LogP contribution in [0.15, 0.2) is 0 Å². The Bertz CT molecular complexity index is 215. The number of hydrogen-bond donors (Lipinski definition) is 2. The van der Waals surface area contributed by atoms with E-state index >= 15 is 0 Å². The fourth-order valence-electron chi connectivity index (χ4n) is 1.83. The van der Waals surface area contributed by atoms with Gasteiger partial charge in [0.25, 0.3) is 0 Å². The van der Waals surface area contributed by atoms with Crippen molar-refractivity contribution in [2.75, 3.05) is 13.1 Å². The largest absolute Gasteiger partial charge is 0.480 e. The zero-order valence-electron chi connectivity index (χ0n) is 8.86. The van der Waals surface area contributed by atoms with Crippen molar-refractivity contribution in [3.05, 3.63) is 0 Å². The van der Waals surface area contributed by atoms with Crippen LogP contribution in [0.4, 0.5) is 0 Å². The molecular formula is C10H19NO3. The molecule has 1 saturated heterocycles. The molecule has 2 atom stereocenters. The number of nitrogens with zero attached hydrogens (tertiary/aromatic N) is 1. The Morgan fingerprint density at radius 3 is 2.64 bits per heavy atom. The zero-order valence-corrected chi connectivity index (χ0v) is 8.86. The van der Waals surface area contributed by atoms with Crippen LogP contribution in [-0.4, -0.2) is 45.8 Å². The molecule has 0 spiro atoms. The number of hydrogen-bond acceptors (Lipinski definition) is 3. The normalized spacial score (nSPS) is 32.2. The Hall–Kier alpha value is -0.610. The van der Waals surface area contributed by atoms with E-state index in [0.717, 1.165) is 19.4 Å². The van der Waals surface area contributed by atoms with E-state index in [1.807, 2.05) is 11.8 Å². The molecule has 0 radical (unpaired) electrons. The maximum Gasteiger partial charge on any atom is 0.320 e. The molecule has 14 heavy (non-hydrogen) atoms. The number of carbonyl (C=O) groups is 1. The van der Waals surface area contributed by atoms with Crippen LogP contribution in [0.1, 0.15) is 33.1 Å². The van der Waals surface area contributed by atoms with Crippen LogP contribution < -0.4 is 0 Å². The molecule has 82 valence electrons. The number of carboxylic acid groups (broad SMARTS) is 1. The molecule has 1 fully saturated rings. The summed E-state index contributed by atoms with van der Waals surface area (Å²) < 4.78 is 0. The smallest absolute Gasteiger partial charge is 0.320 e. The Labute approximate surface area is 84.5 Å². The lowest BCUT2D eigenvalue weighted by Crippen LogP contribution is -2.40. The number of likely N-dealkylation sites (tertiary alicyclic amines) is 1. The third-order valence-electron chi connectivity index (χ3n) is 3.00. The van der Waals surface area contributed by atoms with Gasteiger partial charge in [0.15, 0.2) is 0 Å². The summed E-state index contributed by atoms with van der Waals surface area (Å²) in [6.07, 6.45) is 2.28. The molecule has 0 aromatic carbocycles. The van der Waals surface area contributed by atoms with Crippen molar-refractivity contribution in [1.82, 2.24) is 4.90 Å². The molecule has 4 heteroatoms. The number of aliphatic hydroxyl groups is 1. The van der Waals surface area contributed by atoms with Gasteiger partial charge in [0.1, 0.15) is 6.04 Å². The van der Waals surface area contributed by atoms with Gasteiger partial charge in [0.05, 0.1) is 5.60 Å². The minimum absolute atomic E-state index is 0.441. The molecular weight excluding hydrogens is 182 g/mol. The van der Waals surface area contributed by atoms with E-state index in [4.69, 9.17) is 5.11 Å². The molecule has 0 aromatic heterocycles. The molecule has 4 nitrogen and oxygen atoms in total. The summed E-state index contributed by atoms with van der Waals surface area (Å²) >= 11 is 0. The standard InChI is InChI=1S/C10H19NO3/c1-8(9(12)13)11-6-3-4-10(2,14)5-7-11/h8,14H,3-7H2,1-2H3,(H,12,13). The van der Waals surface area contributed by atoms with E-state index in [0.29, 0.717) is 13.0 Å². The van der Waals surface area contributed by atoms with Gasteiger partial charge in [-0.3, -0.25) is 9.69 Å². The van der Waals surface area contributed by atoms with Crippen LogP contribution in [-0.2, 0) is 4.79 Å². The molecule has 1 heterocycles. The van der Waals surface area contributed by atoms with Crippen molar-refractivity contribution in [1.29, 1.82) is 0 Å². The van der Waals surface area contributed by atoms with Crippen LogP contribution in [0.3, 0.4) is 0 Å². The highest BCUT2D eigenvalue weighted by molar-refractivity contribution is 5.72. The first-order chi connectivity index (χ1) is 6.42. The first-order valence-electron chi connectivity index (χ1n) is 5.12. The Morgan fingerprint density at radius 1 is 1.43 bits per heavy atom. The van der Waals surface area contributed by atoms with Crippen molar-refractivity contribution in [2.24, 2.45) is 0 Å². The third-order valence-corrected chi connectivity index (χ3v) is 3.00. The van der Waals surface area contributed by atoms with Gasteiger partial charge >= 0.3 is 5.97 Å². The van der Waals surface area contributed by atoms with E-state index in [9.17, 15) is 9.90 Å². The zero-order chi connectivity index (χ0) is 10.8. The summed E-state index contributed by atoms with van der Waals surface area (Å²) in [4.78, 5) is 12.7. The molecule has 0 saturated carbocycles. The summed E-state index contributed by atoms with van der Waals surface area (Å²) in [5, 5.41) is 18.7. The predicted molar refractivity (Wildman–Crippen MR) is 53.1 cm³/mol. The summed E-state index contributed by atoms with van der Waals surface area (Å²) in [5.41, 5.74) is -0.618. The van der Waals surface area contributed by atoms with Crippen molar-refractivity contribution >= 4 is 5.97 Å². The monoisotopic (exact) mass is 201 g/mol. The molecule has 0 aromatic rings. The summed E-state index contributed by atoms with van der Waals surface area (Å²) in [7, 11) is 0. The quantitative estimate of drug-likeness (QED) is 0.690. The minimum Gasteiger partial charge on any atom is -0.480 e. The first-order valence-corrected chi connectivity index (χ1v) is 5.12. The van der Waals surface area contributed by atoms with Crippen LogP contribution in [0.2, 0.25) is 0 Å². The number of carboxylic acids is 1. The topological polar surface area (TPSA) is 60.8 Å². The first kappa shape index (κ1) is 11.5. The second kappa shape index (κ2) is 4.28. The average Bonchev–Trinajstić information content (AvgIpc) is 2.25. The SMILES string of the molecule is CC(C(=O)O)N1CCCC(C)(O)CC1. The Kier molecular flexibility index (Phi) is 3.50. The highest BCUT2D eigenvalue weighted by Gasteiger charge is 2.28. The lowest BCUT2D eigenvalue weighted by molar-refractivity contribution is -0.142. The van der Waals surface area contributed by atoms with Gasteiger partial charge < -0.3 is 10.2 Å². The van der Waals surface area contributed by atoms with Gasteiger partial charge in [0.2, 0.25) is 0 Å². The van der Waals surface area contributed by atoms with Gasteiger partial charge in [-0.05, 0) is 39.7 Å². The molecule has 1 aliphatic heterocycles. The molecule has 1 aliphatic rings. The number of rotatable bonds is 2. The van der Waals surface area contributed by atoms with Gasteiger partial charge in [-0.15, -0.1) is 0 Å². The molecule has 0 amide bonds. The summed E-state index contributed by atoms with van der Waals surface area (Å²) in [6, 6.07) is -0.441. The van der Waals surface area contributed by atoms with Crippen molar-refractivity contribution < 1.29 is 15.0 Å². The van der Waals surface area contributed by atoms with Crippen LogP contribution in [0.25, 0.3) is 0 Å². The molecule has 2 N–H and O–H groups in total. The van der Waals surface area contributed by atoms with Gasteiger partial charge in [-0.1, -0.05) is 0 Å². The van der Waals surface area contributed by atoms with Gasteiger partial charge in [-0.25, -0.2) is 0 Å². The number of aliphatic carboxylic acids is 1. The van der Waals surface area contributed by atoms with E-state index in [1.165, 1.54) is 0 Å². The van der Waals surface area contributed by atoms with Crippen molar-refractivity contribution in [3.63, 3.8) is 0 Å². The highest BCUT2D eigenvalue weighted by atomic mass is 16.4. The Morgan fingerprint density at radius 2 is 2.07 bits per heavy atom. The maximum absolute atomic E-state index is 10.8. The molecule has 0 bridgehead atoms. The van der Waals surface area contributed by atoms with Crippen LogP contribution in [0, 0.1) is 0 Å². The van der Waals surface area contributed by atoms with Crippen molar-refractivity contribution in [3.8, 4) is 0 Å². The van der Waals surface area contributed by atoms with E-state index < -0.39 is 17.6 Å². The predicted octanol–water partition coefficient (Wildman–Crippen LogP) is 0.696. The van der Waals surface area contributed by atoms with E-state index in [2.05, 4.69) is 0 Å². The fourth-order valence-corrected chi connectivity index (χ4v) is 1.83. The third kappa shape index (κ3) is 2.96. The van der Waals surface area contributed by atoms with Gasteiger partial charge in [0, 0.05) is 6.54 Å². The Balaban J connectivity index is 2.54. The summed E-state index contributed by atoms with van der Waals surface area (Å²) in [5.74, 6) is -0.786. The highest BCUT2D eigenvalue weighted by Crippen LogP contribution is 2.22. The molecule has 1 rings (SSSR count). The lowest BCUT2D eigenvalue weighted by Gasteiger charge is -2.25. The van der Waals surface area contributed by atoms with Crippen LogP contribution in [0.5, 0.6) is 0 Å². The van der Waals surface area contributed by atoms with E-state index in [1.54, 1.807) is 6.92 Å². The van der Waals surface area contributed by atoms with Crippen LogP contribution >= 0.6 is 0 Å². The second-order valence-corrected chi connectivity index (χ2v) is 4.40. The fraction of sp³-hybridized carbons (Fsp3) is 0.900. The van der Waals surface area contributed by atoms with E-state index in [-0.39, 0.29) is 0 Å². The van der Waals surface area contributed by atoms with Crippen molar-refractivity contribution in [2.45, 2.75) is 44.8 Å². The molecule has 2 unspecified atom stereocenters. The second-order valence-electron chi connectivity index (χ2n) is 4.40. The van der Waals surface area contributed by atoms with Gasteiger partial charge in [-0.2, -0.15) is 0 Å².